The standard InChI is InChI=1S/C19H21NO3S/c1-12-4-6-16(8-13(12)2)24-10-19(21)20-14(3)15-5-7-17-18(9-15)23-11-22-17/h4-9,14H,10-11H2,1-3H3,(H,20,21)/t14-/m0/s1. The maximum atomic E-state index is 12.2. The summed E-state index contributed by atoms with van der Waals surface area (Å²) in [6, 6.07) is 11.9. The smallest absolute Gasteiger partial charge is 0.231 e. The van der Waals surface area contributed by atoms with Gasteiger partial charge in [0.25, 0.3) is 0 Å². The molecular formula is C19H21NO3S. The molecule has 5 heteroatoms. The summed E-state index contributed by atoms with van der Waals surface area (Å²) in [6.07, 6.45) is 0. The average molecular weight is 343 g/mol. The van der Waals surface area contributed by atoms with E-state index in [1.807, 2.05) is 25.1 Å². The van der Waals surface area contributed by atoms with Crippen molar-refractivity contribution in [2.24, 2.45) is 0 Å². The van der Waals surface area contributed by atoms with Crippen LogP contribution in [0.4, 0.5) is 0 Å². The maximum absolute atomic E-state index is 12.2. The van der Waals surface area contributed by atoms with E-state index in [1.165, 1.54) is 11.1 Å². The van der Waals surface area contributed by atoms with E-state index in [-0.39, 0.29) is 18.7 Å². The van der Waals surface area contributed by atoms with Crippen molar-refractivity contribution in [1.29, 1.82) is 0 Å². The molecule has 2 aromatic rings. The lowest BCUT2D eigenvalue weighted by Crippen LogP contribution is -2.28. The minimum atomic E-state index is -0.0765. The van der Waals surface area contributed by atoms with E-state index < -0.39 is 0 Å². The summed E-state index contributed by atoms with van der Waals surface area (Å²) < 4.78 is 10.7. The number of nitrogens with one attached hydrogen (secondary N) is 1. The lowest BCUT2D eigenvalue weighted by Gasteiger charge is -2.15. The first-order valence-corrected chi connectivity index (χ1v) is 8.90. The van der Waals surface area contributed by atoms with Crippen LogP contribution in [0, 0.1) is 13.8 Å². The van der Waals surface area contributed by atoms with Gasteiger partial charge in [0.05, 0.1) is 11.8 Å². The fraction of sp³-hybridized carbons (Fsp3) is 0.316. The SMILES string of the molecule is Cc1ccc(SCC(=O)N[C@@H](C)c2ccc3c(c2)OCO3)cc1C. The molecule has 1 atom stereocenters. The molecule has 4 nitrogen and oxygen atoms in total. The predicted molar refractivity (Wildman–Crippen MR) is 95.8 cm³/mol. The Kier molecular flexibility index (Phi) is 5.00. The van der Waals surface area contributed by atoms with Gasteiger partial charge in [0.1, 0.15) is 0 Å². The molecule has 3 rings (SSSR count). The maximum Gasteiger partial charge on any atom is 0.231 e. The number of rotatable bonds is 5. The zero-order chi connectivity index (χ0) is 17.1. The zero-order valence-corrected chi connectivity index (χ0v) is 14.9. The molecule has 0 bridgehead atoms. The summed E-state index contributed by atoms with van der Waals surface area (Å²) in [7, 11) is 0. The Bertz CT molecular complexity index is 760. The third kappa shape index (κ3) is 3.85. The summed E-state index contributed by atoms with van der Waals surface area (Å²) in [5.74, 6) is 1.90. The van der Waals surface area contributed by atoms with Crippen molar-refractivity contribution < 1.29 is 14.3 Å². The minimum Gasteiger partial charge on any atom is -0.454 e. The Morgan fingerprint density at radius 1 is 1.12 bits per heavy atom. The molecule has 1 N–H and O–H groups in total. The second kappa shape index (κ2) is 7.18. The molecule has 0 saturated heterocycles. The molecule has 24 heavy (non-hydrogen) atoms. The highest BCUT2D eigenvalue weighted by Crippen LogP contribution is 2.34. The van der Waals surface area contributed by atoms with E-state index in [0.29, 0.717) is 5.75 Å². The first-order chi connectivity index (χ1) is 11.5. The number of amides is 1. The van der Waals surface area contributed by atoms with Crippen LogP contribution in [0.3, 0.4) is 0 Å². The Hall–Kier alpha value is -2.14. The van der Waals surface area contributed by atoms with E-state index in [4.69, 9.17) is 9.47 Å². The van der Waals surface area contributed by atoms with Gasteiger partial charge in [-0.1, -0.05) is 12.1 Å². The van der Waals surface area contributed by atoms with Gasteiger partial charge in [0.15, 0.2) is 11.5 Å². The molecule has 1 aliphatic rings. The highest BCUT2D eigenvalue weighted by Gasteiger charge is 2.16. The summed E-state index contributed by atoms with van der Waals surface area (Å²) in [5.41, 5.74) is 3.51. The molecule has 1 heterocycles. The van der Waals surface area contributed by atoms with Gasteiger partial charge in [-0.25, -0.2) is 0 Å². The minimum absolute atomic E-state index is 0.0170. The first-order valence-electron chi connectivity index (χ1n) is 7.92. The van der Waals surface area contributed by atoms with Crippen molar-refractivity contribution in [3.63, 3.8) is 0 Å². The number of fused-ring (bicyclic) bond motifs is 1. The largest absolute Gasteiger partial charge is 0.454 e. The average Bonchev–Trinajstić information content (AvgIpc) is 3.03. The van der Waals surface area contributed by atoms with Crippen LogP contribution >= 0.6 is 11.8 Å². The van der Waals surface area contributed by atoms with E-state index >= 15 is 0 Å². The highest BCUT2D eigenvalue weighted by molar-refractivity contribution is 8.00. The van der Waals surface area contributed by atoms with Gasteiger partial charge in [-0.2, -0.15) is 0 Å². The van der Waals surface area contributed by atoms with Gasteiger partial charge in [-0.05, 0) is 61.7 Å². The summed E-state index contributed by atoms with van der Waals surface area (Å²) >= 11 is 1.55. The third-order valence-electron chi connectivity index (χ3n) is 4.12. The molecular weight excluding hydrogens is 322 g/mol. The number of carbonyl (C=O) groups is 1. The number of benzene rings is 2. The normalized spacial score (nSPS) is 13.6. The van der Waals surface area contributed by atoms with Crippen LogP contribution in [0.15, 0.2) is 41.3 Å². The van der Waals surface area contributed by atoms with Gasteiger partial charge < -0.3 is 14.8 Å². The van der Waals surface area contributed by atoms with Crippen molar-refractivity contribution in [2.45, 2.75) is 31.7 Å². The molecule has 0 radical (unpaired) electrons. The molecule has 0 fully saturated rings. The van der Waals surface area contributed by atoms with Crippen LogP contribution in [0.2, 0.25) is 0 Å². The van der Waals surface area contributed by atoms with Crippen LogP contribution in [-0.4, -0.2) is 18.5 Å². The molecule has 0 aliphatic carbocycles. The van der Waals surface area contributed by atoms with Gasteiger partial charge in [-0.3, -0.25) is 4.79 Å². The van der Waals surface area contributed by atoms with Crippen LogP contribution in [0.1, 0.15) is 29.7 Å². The summed E-state index contributed by atoms with van der Waals surface area (Å²) in [4.78, 5) is 13.3. The second-order valence-corrected chi connectivity index (χ2v) is 6.99. The number of ether oxygens (including phenoxy) is 2. The van der Waals surface area contributed by atoms with E-state index in [2.05, 4.69) is 37.4 Å². The zero-order valence-electron chi connectivity index (χ0n) is 14.1. The Morgan fingerprint density at radius 3 is 2.71 bits per heavy atom. The summed E-state index contributed by atoms with van der Waals surface area (Å²) in [6.45, 7) is 6.40. The fourth-order valence-corrected chi connectivity index (χ4v) is 3.31. The molecule has 0 spiro atoms. The fourth-order valence-electron chi connectivity index (χ4n) is 2.50. The number of carbonyl (C=O) groups excluding carboxylic acids is 1. The lowest BCUT2D eigenvalue weighted by atomic mass is 10.1. The Morgan fingerprint density at radius 2 is 1.92 bits per heavy atom. The van der Waals surface area contributed by atoms with Crippen LogP contribution in [0.25, 0.3) is 0 Å². The third-order valence-corrected chi connectivity index (χ3v) is 5.12. The van der Waals surface area contributed by atoms with Crippen molar-refractivity contribution >= 4 is 17.7 Å². The van der Waals surface area contributed by atoms with Gasteiger partial charge in [-0.15, -0.1) is 11.8 Å². The molecule has 1 amide bonds. The number of aryl methyl sites for hydroxylation is 2. The van der Waals surface area contributed by atoms with Gasteiger partial charge >= 0.3 is 0 Å². The van der Waals surface area contributed by atoms with Gasteiger partial charge in [0, 0.05) is 4.90 Å². The molecule has 0 unspecified atom stereocenters. The Labute approximate surface area is 146 Å². The molecule has 0 saturated carbocycles. The van der Waals surface area contributed by atoms with Crippen LogP contribution < -0.4 is 14.8 Å². The second-order valence-electron chi connectivity index (χ2n) is 5.94. The van der Waals surface area contributed by atoms with Crippen molar-refractivity contribution in [3.05, 3.63) is 53.1 Å². The Balaban J connectivity index is 1.55. The highest BCUT2D eigenvalue weighted by atomic mass is 32.2. The van der Waals surface area contributed by atoms with Gasteiger partial charge in [0.2, 0.25) is 12.7 Å². The number of hydrogen-bond donors (Lipinski definition) is 1. The van der Waals surface area contributed by atoms with Crippen molar-refractivity contribution in [3.8, 4) is 11.5 Å². The predicted octanol–water partition coefficient (Wildman–Crippen LogP) is 4.00. The summed E-state index contributed by atoms with van der Waals surface area (Å²) in [5, 5.41) is 3.03. The van der Waals surface area contributed by atoms with Crippen LogP contribution in [0.5, 0.6) is 11.5 Å². The quantitative estimate of drug-likeness (QED) is 0.834. The van der Waals surface area contributed by atoms with E-state index in [1.54, 1.807) is 11.8 Å². The number of thioether (sulfide) groups is 1. The lowest BCUT2D eigenvalue weighted by molar-refractivity contribution is -0.119. The van der Waals surface area contributed by atoms with E-state index in [0.717, 1.165) is 22.0 Å². The van der Waals surface area contributed by atoms with Crippen LogP contribution in [-0.2, 0) is 4.79 Å². The van der Waals surface area contributed by atoms with E-state index in [9.17, 15) is 4.79 Å². The molecule has 126 valence electrons. The van der Waals surface area contributed by atoms with Crippen molar-refractivity contribution in [1.82, 2.24) is 5.32 Å². The first kappa shape index (κ1) is 16.7. The molecule has 1 aliphatic heterocycles. The topological polar surface area (TPSA) is 47.6 Å². The monoisotopic (exact) mass is 343 g/mol. The molecule has 2 aromatic carbocycles. The van der Waals surface area contributed by atoms with Crippen molar-refractivity contribution in [2.75, 3.05) is 12.5 Å². The molecule has 0 aromatic heterocycles. The number of hydrogen-bond acceptors (Lipinski definition) is 4.